The Morgan fingerprint density at radius 3 is 2.81 bits per heavy atom. The Kier molecular flexibility index (Phi) is 2.77. The van der Waals surface area contributed by atoms with Crippen LogP contribution in [0.2, 0.25) is 0 Å². The molecule has 7 nitrogen and oxygen atoms in total. The van der Waals surface area contributed by atoms with E-state index in [1.807, 2.05) is 30.3 Å². The number of carbonyl (C=O) groups is 1. The largest absolute Gasteiger partial charge is 0.351 e. The second-order valence-corrected chi connectivity index (χ2v) is 3.12. The maximum Gasteiger partial charge on any atom is 0.319 e. The zero-order valence-electron chi connectivity index (χ0n) is 8.37. The SMILES string of the molecule is NC(=O)Nc1nnn(Cc2ccccc2)n1. The molecule has 0 radical (unpaired) electrons. The summed E-state index contributed by atoms with van der Waals surface area (Å²) in [6.07, 6.45) is 0. The van der Waals surface area contributed by atoms with Crippen LogP contribution in [0.1, 0.15) is 5.56 Å². The van der Waals surface area contributed by atoms with E-state index in [1.165, 1.54) is 4.80 Å². The minimum atomic E-state index is -0.709. The molecule has 2 amide bonds. The monoisotopic (exact) mass is 218 g/mol. The molecule has 1 aromatic carbocycles. The number of aromatic nitrogens is 4. The smallest absolute Gasteiger partial charge is 0.319 e. The van der Waals surface area contributed by atoms with Crippen LogP contribution in [0, 0.1) is 0 Å². The number of tetrazole rings is 1. The third-order valence-electron chi connectivity index (χ3n) is 1.85. The van der Waals surface area contributed by atoms with Crippen molar-refractivity contribution >= 4 is 12.0 Å². The molecule has 7 heteroatoms. The highest BCUT2D eigenvalue weighted by molar-refractivity contribution is 5.85. The lowest BCUT2D eigenvalue weighted by atomic mass is 10.2. The van der Waals surface area contributed by atoms with Gasteiger partial charge in [0, 0.05) is 0 Å². The van der Waals surface area contributed by atoms with Crippen molar-refractivity contribution in [1.29, 1.82) is 0 Å². The number of nitrogens with one attached hydrogen (secondary N) is 1. The Morgan fingerprint density at radius 2 is 2.12 bits per heavy atom. The minimum absolute atomic E-state index is 0.100. The molecular formula is C9H10N6O. The fraction of sp³-hybridized carbons (Fsp3) is 0.111. The van der Waals surface area contributed by atoms with Gasteiger partial charge in [0.1, 0.15) is 0 Å². The lowest BCUT2D eigenvalue weighted by Gasteiger charge is -1.97. The fourth-order valence-electron chi connectivity index (χ4n) is 1.22. The maximum atomic E-state index is 10.5. The van der Waals surface area contributed by atoms with E-state index >= 15 is 0 Å². The molecule has 0 atom stereocenters. The number of urea groups is 1. The number of benzene rings is 1. The Bertz CT molecular complexity index is 480. The van der Waals surface area contributed by atoms with Crippen LogP contribution in [0.15, 0.2) is 30.3 Å². The van der Waals surface area contributed by atoms with Crippen LogP contribution < -0.4 is 11.1 Å². The van der Waals surface area contributed by atoms with Crippen molar-refractivity contribution in [3.63, 3.8) is 0 Å². The van der Waals surface area contributed by atoms with E-state index < -0.39 is 6.03 Å². The van der Waals surface area contributed by atoms with Gasteiger partial charge < -0.3 is 5.73 Å². The summed E-state index contributed by atoms with van der Waals surface area (Å²) >= 11 is 0. The molecule has 0 bridgehead atoms. The van der Waals surface area contributed by atoms with E-state index in [4.69, 9.17) is 5.73 Å². The number of carbonyl (C=O) groups excluding carboxylic acids is 1. The molecule has 0 spiro atoms. The molecular weight excluding hydrogens is 208 g/mol. The third kappa shape index (κ3) is 2.53. The van der Waals surface area contributed by atoms with Crippen LogP contribution in [0.5, 0.6) is 0 Å². The van der Waals surface area contributed by atoms with Gasteiger partial charge in [-0.25, -0.2) is 4.79 Å². The number of amides is 2. The Morgan fingerprint density at radius 1 is 1.38 bits per heavy atom. The molecule has 0 aliphatic rings. The first-order chi connectivity index (χ1) is 7.74. The lowest BCUT2D eigenvalue weighted by Crippen LogP contribution is -2.20. The molecule has 0 aliphatic heterocycles. The van der Waals surface area contributed by atoms with E-state index in [-0.39, 0.29) is 5.95 Å². The summed E-state index contributed by atoms with van der Waals surface area (Å²) < 4.78 is 0. The quantitative estimate of drug-likeness (QED) is 0.769. The van der Waals surface area contributed by atoms with E-state index in [0.29, 0.717) is 6.54 Å². The van der Waals surface area contributed by atoms with Crippen LogP contribution in [-0.4, -0.2) is 26.2 Å². The first-order valence-corrected chi connectivity index (χ1v) is 4.62. The van der Waals surface area contributed by atoms with Crippen molar-refractivity contribution in [2.24, 2.45) is 5.73 Å². The summed E-state index contributed by atoms with van der Waals surface area (Å²) in [5.74, 6) is 0.100. The Balaban J connectivity index is 2.06. The van der Waals surface area contributed by atoms with Gasteiger partial charge >= 0.3 is 6.03 Å². The molecule has 82 valence electrons. The van der Waals surface area contributed by atoms with Crippen LogP contribution in [0.25, 0.3) is 0 Å². The molecule has 0 saturated heterocycles. The second-order valence-electron chi connectivity index (χ2n) is 3.12. The zero-order chi connectivity index (χ0) is 11.4. The van der Waals surface area contributed by atoms with Gasteiger partial charge in [-0.15, -0.1) is 5.10 Å². The van der Waals surface area contributed by atoms with Crippen LogP contribution in [0.3, 0.4) is 0 Å². The van der Waals surface area contributed by atoms with Crippen LogP contribution in [0.4, 0.5) is 10.7 Å². The highest BCUT2D eigenvalue weighted by Crippen LogP contribution is 2.01. The van der Waals surface area contributed by atoms with Gasteiger partial charge in [0.05, 0.1) is 6.54 Å². The van der Waals surface area contributed by atoms with Gasteiger partial charge in [-0.05, 0) is 10.8 Å². The standard InChI is InChI=1S/C9H10N6O/c10-8(16)11-9-12-14-15(13-9)6-7-4-2-1-3-5-7/h1-5H,6H2,(H3,10,11,13,16). The summed E-state index contributed by atoms with van der Waals surface area (Å²) in [4.78, 5) is 11.9. The van der Waals surface area contributed by atoms with E-state index in [1.54, 1.807) is 0 Å². The maximum absolute atomic E-state index is 10.5. The molecule has 0 aliphatic carbocycles. The molecule has 0 unspecified atom stereocenters. The number of anilines is 1. The summed E-state index contributed by atoms with van der Waals surface area (Å²) in [5, 5.41) is 13.6. The molecule has 1 aromatic heterocycles. The van der Waals surface area contributed by atoms with Crippen molar-refractivity contribution in [2.45, 2.75) is 6.54 Å². The highest BCUT2D eigenvalue weighted by Gasteiger charge is 2.04. The molecule has 3 N–H and O–H groups in total. The highest BCUT2D eigenvalue weighted by atomic mass is 16.2. The number of rotatable bonds is 3. The number of nitrogens with two attached hydrogens (primary N) is 1. The number of primary amides is 1. The molecule has 2 rings (SSSR count). The average molecular weight is 218 g/mol. The van der Waals surface area contributed by atoms with Gasteiger partial charge in [-0.1, -0.05) is 35.4 Å². The van der Waals surface area contributed by atoms with E-state index in [9.17, 15) is 4.79 Å². The minimum Gasteiger partial charge on any atom is -0.351 e. The first-order valence-electron chi connectivity index (χ1n) is 4.62. The molecule has 0 fully saturated rings. The second kappa shape index (κ2) is 4.39. The number of hydrogen-bond acceptors (Lipinski definition) is 4. The number of hydrogen-bond donors (Lipinski definition) is 2. The van der Waals surface area contributed by atoms with Crippen LogP contribution >= 0.6 is 0 Å². The Hall–Kier alpha value is -2.44. The van der Waals surface area contributed by atoms with Gasteiger partial charge in [-0.2, -0.15) is 4.80 Å². The third-order valence-corrected chi connectivity index (χ3v) is 1.85. The van der Waals surface area contributed by atoms with Crippen LogP contribution in [-0.2, 0) is 6.54 Å². The topological polar surface area (TPSA) is 98.7 Å². The number of nitrogens with zero attached hydrogens (tertiary/aromatic N) is 4. The predicted molar refractivity (Wildman–Crippen MR) is 56.6 cm³/mol. The molecule has 0 saturated carbocycles. The van der Waals surface area contributed by atoms with Gasteiger partial charge in [0.25, 0.3) is 5.95 Å². The molecule has 1 heterocycles. The summed E-state index contributed by atoms with van der Waals surface area (Å²) in [6, 6.07) is 8.97. The normalized spacial score (nSPS) is 10.0. The van der Waals surface area contributed by atoms with Crippen molar-refractivity contribution in [3.8, 4) is 0 Å². The van der Waals surface area contributed by atoms with Crippen molar-refractivity contribution in [3.05, 3.63) is 35.9 Å². The Labute approximate surface area is 91.3 Å². The predicted octanol–water partition coefficient (Wildman–Crippen LogP) is 0.212. The summed E-state index contributed by atoms with van der Waals surface area (Å²) in [6.45, 7) is 0.494. The van der Waals surface area contributed by atoms with Crippen molar-refractivity contribution < 1.29 is 4.79 Å². The fourth-order valence-corrected chi connectivity index (χ4v) is 1.22. The van der Waals surface area contributed by atoms with Gasteiger partial charge in [-0.3, -0.25) is 5.32 Å². The van der Waals surface area contributed by atoms with Gasteiger partial charge in [0.2, 0.25) is 0 Å². The summed E-state index contributed by atoms with van der Waals surface area (Å²) in [7, 11) is 0. The summed E-state index contributed by atoms with van der Waals surface area (Å²) in [5.41, 5.74) is 5.97. The lowest BCUT2D eigenvalue weighted by molar-refractivity contribution is 0.259. The van der Waals surface area contributed by atoms with E-state index in [0.717, 1.165) is 5.56 Å². The average Bonchev–Trinajstić information content (AvgIpc) is 2.66. The molecule has 16 heavy (non-hydrogen) atoms. The van der Waals surface area contributed by atoms with Gasteiger partial charge in [0.15, 0.2) is 0 Å². The first kappa shape index (κ1) is 10.1. The van der Waals surface area contributed by atoms with E-state index in [2.05, 4.69) is 20.7 Å². The molecule has 2 aromatic rings. The van der Waals surface area contributed by atoms with Crippen molar-refractivity contribution in [1.82, 2.24) is 20.2 Å². The zero-order valence-corrected chi connectivity index (χ0v) is 8.37. The van der Waals surface area contributed by atoms with Crippen molar-refractivity contribution in [2.75, 3.05) is 5.32 Å².